The van der Waals surface area contributed by atoms with Crippen LogP contribution in [0.4, 0.5) is 0 Å². The summed E-state index contributed by atoms with van der Waals surface area (Å²) >= 11 is 5.83. The zero-order valence-corrected chi connectivity index (χ0v) is 14.0. The fourth-order valence-corrected chi connectivity index (χ4v) is 2.64. The van der Waals surface area contributed by atoms with Gasteiger partial charge >= 0.3 is 0 Å². The number of benzene rings is 1. The molecule has 0 bridgehead atoms. The first-order chi connectivity index (χ1) is 11.6. The van der Waals surface area contributed by atoms with Crippen LogP contribution in [-0.2, 0) is 13.0 Å². The normalized spacial score (nSPS) is 12.1. The average Bonchev–Trinajstić information content (AvgIpc) is 3.18. The third kappa shape index (κ3) is 4.26. The molecule has 0 fully saturated rings. The molecule has 5 nitrogen and oxygen atoms in total. The summed E-state index contributed by atoms with van der Waals surface area (Å²) < 4.78 is 7.25. The lowest BCUT2D eigenvalue weighted by Gasteiger charge is -2.12. The maximum absolute atomic E-state index is 12.3. The van der Waals surface area contributed by atoms with Crippen molar-refractivity contribution in [2.24, 2.45) is 0 Å². The summed E-state index contributed by atoms with van der Waals surface area (Å²) in [4.78, 5) is 12.3. The number of furan rings is 1. The Bertz CT molecular complexity index is 811. The maximum Gasteiger partial charge on any atom is 0.287 e. The molecule has 3 aromatic rings. The fraction of sp³-hybridized carbons (Fsp3) is 0.222. The van der Waals surface area contributed by atoms with Gasteiger partial charge in [-0.05, 0) is 31.0 Å². The minimum absolute atomic E-state index is 0.0124. The van der Waals surface area contributed by atoms with Crippen molar-refractivity contribution in [3.63, 3.8) is 0 Å². The lowest BCUT2D eigenvalue weighted by atomic mass is 10.1. The predicted molar refractivity (Wildman–Crippen MR) is 92.1 cm³/mol. The highest BCUT2D eigenvalue weighted by Gasteiger charge is 2.14. The largest absolute Gasteiger partial charge is 0.454 e. The maximum atomic E-state index is 12.3. The first-order valence-electron chi connectivity index (χ1n) is 7.71. The predicted octanol–water partition coefficient (Wildman–Crippen LogP) is 3.54. The Labute approximate surface area is 145 Å². The topological polar surface area (TPSA) is 60.1 Å². The van der Waals surface area contributed by atoms with E-state index in [1.165, 1.54) is 5.56 Å². The van der Waals surface area contributed by atoms with Gasteiger partial charge in [0.15, 0.2) is 5.76 Å². The van der Waals surface area contributed by atoms with Crippen molar-refractivity contribution in [2.75, 3.05) is 0 Å². The molecule has 24 heavy (non-hydrogen) atoms. The minimum Gasteiger partial charge on any atom is -0.454 e. The van der Waals surface area contributed by atoms with Crippen molar-refractivity contribution in [3.05, 3.63) is 77.0 Å². The molecule has 0 spiro atoms. The van der Waals surface area contributed by atoms with Gasteiger partial charge in [-0.3, -0.25) is 9.48 Å². The molecule has 6 heteroatoms. The second-order valence-electron chi connectivity index (χ2n) is 5.69. The molecule has 3 rings (SSSR count). The van der Waals surface area contributed by atoms with Crippen LogP contribution in [-0.4, -0.2) is 21.7 Å². The van der Waals surface area contributed by atoms with E-state index in [2.05, 4.69) is 10.4 Å². The Hall–Kier alpha value is -2.53. The van der Waals surface area contributed by atoms with Gasteiger partial charge in [0.2, 0.25) is 0 Å². The molecule has 0 saturated carbocycles. The number of rotatable bonds is 6. The molecule has 1 amide bonds. The van der Waals surface area contributed by atoms with E-state index in [4.69, 9.17) is 16.0 Å². The van der Waals surface area contributed by atoms with E-state index in [0.717, 1.165) is 6.42 Å². The van der Waals surface area contributed by atoms with E-state index in [1.807, 2.05) is 37.3 Å². The number of carbonyl (C=O) groups is 1. The molecule has 0 aliphatic carbocycles. The van der Waals surface area contributed by atoms with Gasteiger partial charge < -0.3 is 9.73 Å². The van der Waals surface area contributed by atoms with Crippen LogP contribution < -0.4 is 5.32 Å². The van der Waals surface area contributed by atoms with Gasteiger partial charge in [0.1, 0.15) is 5.76 Å². The van der Waals surface area contributed by atoms with E-state index < -0.39 is 0 Å². The first-order valence-corrected chi connectivity index (χ1v) is 8.09. The molecule has 2 aromatic heterocycles. The van der Waals surface area contributed by atoms with Gasteiger partial charge in [-0.1, -0.05) is 41.9 Å². The molecule has 1 aromatic carbocycles. The number of aromatic nitrogens is 2. The smallest absolute Gasteiger partial charge is 0.287 e. The van der Waals surface area contributed by atoms with E-state index in [0.29, 0.717) is 23.1 Å². The van der Waals surface area contributed by atoms with Crippen molar-refractivity contribution in [2.45, 2.75) is 25.9 Å². The summed E-state index contributed by atoms with van der Waals surface area (Å²) in [5.41, 5.74) is 1.18. The lowest BCUT2D eigenvalue weighted by Crippen LogP contribution is -2.33. The number of amides is 1. The molecule has 0 unspecified atom stereocenters. The summed E-state index contributed by atoms with van der Waals surface area (Å²) in [5, 5.41) is 7.60. The molecule has 0 saturated heterocycles. The Kier molecular flexibility index (Phi) is 5.01. The van der Waals surface area contributed by atoms with Crippen LogP contribution in [0.3, 0.4) is 0 Å². The quantitative estimate of drug-likeness (QED) is 0.744. The van der Waals surface area contributed by atoms with Crippen LogP contribution >= 0.6 is 11.6 Å². The number of hydrogen-bond acceptors (Lipinski definition) is 3. The lowest BCUT2D eigenvalue weighted by molar-refractivity contribution is 0.0910. The third-order valence-electron chi connectivity index (χ3n) is 3.57. The van der Waals surface area contributed by atoms with E-state index >= 15 is 0 Å². The van der Waals surface area contributed by atoms with Crippen molar-refractivity contribution in [1.82, 2.24) is 15.1 Å². The van der Waals surface area contributed by atoms with Crippen molar-refractivity contribution >= 4 is 17.5 Å². The summed E-state index contributed by atoms with van der Waals surface area (Å²) in [6, 6.07) is 13.5. The molecule has 1 atom stereocenters. The zero-order valence-electron chi connectivity index (χ0n) is 13.3. The second kappa shape index (κ2) is 7.36. The summed E-state index contributed by atoms with van der Waals surface area (Å²) in [6.07, 6.45) is 4.03. The molecule has 1 N–H and O–H groups in total. The van der Waals surface area contributed by atoms with Crippen LogP contribution in [0.1, 0.15) is 28.8 Å². The van der Waals surface area contributed by atoms with Gasteiger partial charge in [-0.25, -0.2) is 0 Å². The van der Waals surface area contributed by atoms with Crippen molar-refractivity contribution in [3.8, 4) is 0 Å². The Balaban J connectivity index is 1.57. The average molecular weight is 344 g/mol. The summed E-state index contributed by atoms with van der Waals surface area (Å²) in [7, 11) is 0. The summed E-state index contributed by atoms with van der Waals surface area (Å²) in [5.74, 6) is 0.724. The molecule has 0 radical (unpaired) electrons. The first kappa shape index (κ1) is 16.3. The third-order valence-corrected chi connectivity index (χ3v) is 3.76. The Morgan fingerprint density at radius 1 is 1.29 bits per heavy atom. The molecule has 124 valence electrons. The highest BCUT2D eigenvalue weighted by molar-refractivity contribution is 6.30. The highest BCUT2D eigenvalue weighted by Crippen LogP contribution is 2.12. The van der Waals surface area contributed by atoms with E-state index in [9.17, 15) is 4.79 Å². The number of nitrogens with one attached hydrogen (secondary N) is 1. The number of halogens is 1. The van der Waals surface area contributed by atoms with Crippen LogP contribution in [0, 0.1) is 0 Å². The molecule has 2 heterocycles. The van der Waals surface area contributed by atoms with Crippen molar-refractivity contribution < 1.29 is 9.21 Å². The molecule has 0 aliphatic heterocycles. The molecular weight excluding hydrogens is 326 g/mol. The number of nitrogens with zero attached hydrogens (tertiary/aromatic N) is 2. The minimum atomic E-state index is -0.219. The van der Waals surface area contributed by atoms with Gasteiger partial charge in [0.25, 0.3) is 5.91 Å². The van der Waals surface area contributed by atoms with Gasteiger partial charge in [-0.2, -0.15) is 5.10 Å². The Morgan fingerprint density at radius 2 is 2.08 bits per heavy atom. The van der Waals surface area contributed by atoms with Crippen LogP contribution in [0.15, 0.2) is 59.3 Å². The zero-order chi connectivity index (χ0) is 16.9. The van der Waals surface area contributed by atoms with E-state index in [-0.39, 0.29) is 11.9 Å². The fourth-order valence-electron chi connectivity index (χ4n) is 2.48. The number of hydrogen-bond donors (Lipinski definition) is 1. The monoisotopic (exact) mass is 343 g/mol. The molecule has 0 aliphatic rings. The van der Waals surface area contributed by atoms with Gasteiger partial charge in [0.05, 0.1) is 17.8 Å². The second-order valence-corrected chi connectivity index (χ2v) is 6.12. The van der Waals surface area contributed by atoms with Crippen LogP contribution in [0.25, 0.3) is 0 Å². The number of carbonyl (C=O) groups excluding carboxylic acids is 1. The highest BCUT2D eigenvalue weighted by atomic mass is 35.5. The Morgan fingerprint density at radius 3 is 2.79 bits per heavy atom. The summed E-state index contributed by atoms with van der Waals surface area (Å²) in [6.45, 7) is 2.40. The van der Waals surface area contributed by atoms with Crippen molar-refractivity contribution in [1.29, 1.82) is 0 Å². The SMILES string of the molecule is C[C@H](Cc1ccccc1)NC(=O)c1ccc(Cn2cc(Cl)cn2)o1. The molecular formula is C18H18ClN3O2. The van der Waals surface area contributed by atoms with Crippen LogP contribution in [0.5, 0.6) is 0 Å². The van der Waals surface area contributed by atoms with Gasteiger partial charge in [0, 0.05) is 12.2 Å². The van der Waals surface area contributed by atoms with Crippen LogP contribution in [0.2, 0.25) is 5.02 Å². The van der Waals surface area contributed by atoms with E-state index in [1.54, 1.807) is 29.2 Å². The van der Waals surface area contributed by atoms with Gasteiger partial charge in [-0.15, -0.1) is 0 Å². The standard InChI is InChI=1S/C18H18ClN3O2/c1-13(9-14-5-3-2-4-6-14)21-18(23)17-8-7-16(24-17)12-22-11-15(19)10-20-22/h2-8,10-11,13H,9,12H2,1H3,(H,21,23)/t13-/m1/s1.